The minimum absolute atomic E-state index is 0.308. The van der Waals surface area contributed by atoms with Gasteiger partial charge in [0.15, 0.2) is 4.32 Å². The summed E-state index contributed by atoms with van der Waals surface area (Å²) in [6.45, 7) is 0. The van der Waals surface area contributed by atoms with Gasteiger partial charge < -0.3 is 0 Å². The van der Waals surface area contributed by atoms with Gasteiger partial charge in [0.25, 0.3) is 5.91 Å². The molecule has 0 aliphatic carbocycles. The maximum atomic E-state index is 11.8. The number of aromatic nitrogens is 1. The van der Waals surface area contributed by atoms with Crippen LogP contribution >= 0.6 is 24.0 Å². The second-order valence-corrected chi connectivity index (χ2v) is 4.94. The largest absolute Gasteiger partial charge is 0.288 e. The van der Waals surface area contributed by atoms with Crippen LogP contribution in [0.15, 0.2) is 36.4 Å². The molecular weight excluding hydrogens is 266 g/mol. The summed E-state index contributed by atoms with van der Waals surface area (Å²) < 4.78 is 0.504. The normalized spacial score (nSPS) is 10.1. The van der Waals surface area contributed by atoms with E-state index in [-0.39, 0.29) is 5.91 Å². The van der Waals surface area contributed by atoms with Gasteiger partial charge in [0.05, 0.1) is 5.52 Å². The van der Waals surface area contributed by atoms with Crippen LogP contribution in [0.1, 0.15) is 10.5 Å². The van der Waals surface area contributed by atoms with Gasteiger partial charge in [-0.1, -0.05) is 48.2 Å². The fraction of sp³-hybridized carbons (Fsp3) is 0.0833. The molecule has 0 fully saturated rings. The van der Waals surface area contributed by atoms with E-state index < -0.39 is 0 Å². The van der Waals surface area contributed by atoms with Crippen molar-refractivity contribution < 1.29 is 4.79 Å². The molecule has 4 nitrogen and oxygen atoms in total. The molecule has 2 rings (SSSR count). The molecule has 0 aliphatic rings. The Morgan fingerprint density at radius 3 is 2.78 bits per heavy atom. The molecule has 0 saturated carbocycles. The van der Waals surface area contributed by atoms with Crippen LogP contribution in [0.2, 0.25) is 0 Å². The number of carbonyl (C=O) groups excluding carboxylic acids is 1. The molecule has 92 valence electrons. The van der Waals surface area contributed by atoms with Gasteiger partial charge in [-0.05, 0) is 18.4 Å². The zero-order valence-corrected chi connectivity index (χ0v) is 11.3. The number of benzene rings is 1. The van der Waals surface area contributed by atoms with Gasteiger partial charge in [-0.15, -0.1) is 0 Å². The molecular formula is C12H11N3OS2. The van der Waals surface area contributed by atoms with Crippen molar-refractivity contribution in [1.82, 2.24) is 15.8 Å². The van der Waals surface area contributed by atoms with Crippen molar-refractivity contribution in [3.63, 3.8) is 0 Å². The van der Waals surface area contributed by atoms with Crippen molar-refractivity contribution in [2.75, 3.05) is 6.26 Å². The lowest BCUT2D eigenvalue weighted by molar-refractivity contribution is 0.0940. The highest BCUT2D eigenvalue weighted by Crippen LogP contribution is 2.11. The van der Waals surface area contributed by atoms with Crippen molar-refractivity contribution in [2.24, 2.45) is 0 Å². The Morgan fingerprint density at radius 2 is 2.00 bits per heavy atom. The van der Waals surface area contributed by atoms with Crippen LogP contribution in [0.25, 0.3) is 10.9 Å². The Kier molecular flexibility index (Phi) is 4.11. The van der Waals surface area contributed by atoms with E-state index in [1.54, 1.807) is 6.07 Å². The van der Waals surface area contributed by atoms with Crippen LogP contribution in [0, 0.1) is 0 Å². The number of amides is 1. The highest BCUT2D eigenvalue weighted by molar-refractivity contribution is 8.22. The number of nitrogens with one attached hydrogen (secondary N) is 2. The molecule has 0 aliphatic heterocycles. The standard InChI is InChI=1S/C12H11N3OS2/c1-18-12(17)15-14-11(16)10-7-6-8-4-2-3-5-9(8)13-10/h2-7H,1H3,(H,14,16)(H,15,17). The lowest BCUT2D eigenvalue weighted by Gasteiger charge is -2.07. The van der Waals surface area contributed by atoms with E-state index in [9.17, 15) is 4.79 Å². The number of carbonyl (C=O) groups is 1. The summed E-state index contributed by atoms with van der Waals surface area (Å²) in [5.74, 6) is -0.308. The highest BCUT2D eigenvalue weighted by atomic mass is 32.2. The van der Waals surface area contributed by atoms with Gasteiger partial charge in [-0.2, -0.15) is 0 Å². The molecule has 0 bridgehead atoms. The topological polar surface area (TPSA) is 54.0 Å². The van der Waals surface area contributed by atoms with E-state index in [0.717, 1.165) is 10.9 Å². The smallest absolute Gasteiger partial charge is 0.283 e. The number of hydrogen-bond acceptors (Lipinski definition) is 4. The molecule has 1 amide bonds. The quantitative estimate of drug-likeness (QED) is 0.618. The Morgan fingerprint density at radius 1 is 1.22 bits per heavy atom. The molecule has 0 spiro atoms. The predicted octanol–water partition coefficient (Wildman–Crippen LogP) is 2.12. The molecule has 1 aromatic heterocycles. The molecule has 18 heavy (non-hydrogen) atoms. The van der Waals surface area contributed by atoms with Gasteiger partial charge >= 0.3 is 0 Å². The maximum absolute atomic E-state index is 11.8. The first kappa shape index (κ1) is 12.8. The van der Waals surface area contributed by atoms with E-state index in [1.165, 1.54) is 11.8 Å². The number of fused-ring (bicyclic) bond motifs is 1. The van der Waals surface area contributed by atoms with E-state index in [1.807, 2.05) is 36.6 Å². The molecule has 2 aromatic rings. The van der Waals surface area contributed by atoms with Gasteiger partial charge in [0.1, 0.15) is 5.69 Å². The third-order valence-electron chi connectivity index (χ3n) is 2.29. The molecule has 0 radical (unpaired) electrons. The summed E-state index contributed by atoms with van der Waals surface area (Å²) in [6, 6.07) is 11.2. The SMILES string of the molecule is CSC(=S)NNC(=O)c1ccc2ccccc2n1. The third kappa shape index (κ3) is 2.96. The average Bonchev–Trinajstić information content (AvgIpc) is 2.43. The van der Waals surface area contributed by atoms with E-state index >= 15 is 0 Å². The summed E-state index contributed by atoms with van der Waals surface area (Å²) in [5, 5.41) is 1.00. The summed E-state index contributed by atoms with van der Waals surface area (Å²) in [4.78, 5) is 16.1. The fourth-order valence-corrected chi connectivity index (χ4v) is 1.62. The van der Waals surface area contributed by atoms with Crippen molar-refractivity contribution in [3.8, 4) is 0 Å². The Hall–Kier alpha value is -1.66. The van der Waals surface area contributed by atoms with Crippen LogP contribution in [-0.4, -0.2) is 21.5 Å². The van der Waals surface area contributed by atoms with Crippen molar-refractivity contribution in [1.29, 1.82) is 0 Å². The number of rotatable bonds is 1. The molecule has 0 atom stereocenters. The molecule has 0 unspecified atom stereocenters. The first-order valence-corrected chi connectivity index (χ1v) is 6.84. The van der Waals surface area contributed by atoms with Gasteiger partial charge in [0, 0.05) is 5.39 Å². The summed E-state index contributed by atoms with van der Waals surface area (Å²) in [6.07, 6.45) is 1.83. The maximum Gasteiger partial charge on any atom is 0.288 e. The fourth-order valence-electron chi connectivity index (χ4n) is 1.42. The second-order valence-electron chi connectivity index (χ2n) is 3.46. The van der Waals surface area contributed by atoms with Crippen molar-refractivity contribution >= 4 is 45.1 Å². The zero-order chi connectivity index (χ0) is 13.0. The van der Waals surface area contributed by atoms with E-state index in [0.29, 0.717) is 10.0 Å². The summed E-state index contributed by atoms with van der Waals surface area (Å²) in [7, 11) is 0. The van der Waals surface area contributed by atoms with E-state index in [4.69, 9.17) is 12.2 Å². The minimum Gasteiger partial charge on any atom is -0.283 e. The summed E-state index contributed by atoms with van der Waals surface area (Å²) in [5.41, 5.74) is 6.28. The Balaban J connectivity index is 2.15. The van der Waals surface area contributed by atoms with Crippen molar-refractivity contribution in [3.05, 3.63) is 42.1 Å². The highest BCUT2D eigenvalue weighted by Gasteiger charge is 2.07. The number of thiocarbonyl (C=S) groups is 1. The minimum atomic E-state index is -0.308. The van der Waals surface area contributed by atoms with Crippen LogP contribution in [-0.2, 0) is 0 Å². The van der Waals surface area contributed by atoms with Gasteiger partial charge in [0.2, 0.25) is 0 Å². The number of thioether (sulfide) groups is 1. The van der Waals surface area contributed by atoms with Gasteiger partial charge in [-0.3, -0.25) is 15.6 Å². The molecule has 1 aromatic carbocycles. The zero-order valence-electron chi connectivity index (χ0n) is 9.64. The average molecular weight is 277 g/mol. The number of nitrogens with zero attached hydrogens (tertiary/aromatic N) is 1. The number of hydrazine groups is 1. The van der Waals surface area contributed by atoms with Gasteiger partial charge in [-0.25, -0.2) is 4.98 Å². The number of pyridine rings is 1. The van der Waals surface area contributed by atoms with Crippen LogP contribution in [0.5, 0.6) is 0 Å². The molecule has 6 heteroatoms. The lowest BCUT2D eigenvalue weighted by Crippen LogP contribution is -2.39. The molecule has 0 saturated heterocycles. The van der Waals surface area contributed by atoms with Crippen molar-refractivity contribution in [2.45, 2.75) is 0 Å². The van der Waals surface area contributed by atoms with Crippen LogP contribution in [0.3, 0.4) is 0 Å². The number of para-hydroxylation sites is 1. The second kappa shape index (κ2) is 5.79. The lowest BCUT2D eigenvalue weighted by atomic mass is 10.2. The first-order valence-electron chi connectivity index (χ1n) is 5.21. The van der Waals surface area contributed by atoms with Crippen LogP contribution in [0.4, 0.5) is 0 Å². The van der Waals surface area contributed by atoms with E-state index in [2.05, 4.69) is 15.8 Å². The Labute approximate surface area is 114 Å². The van der Waals surface area contributed by atoms with Crippen LogP contribution < -0.4 is 10.9 Å². The third-order valence-corrected chi connectivity index (χ3v) is 3.37. The predicted molar refractivity (Wildman–Crippen MR) is 78.5 cm³/mol. The molecule has 1 heterocycles. The molecule has 2 N–H and O–H groups in total. The Bertz CT molecular complexity index is 601. The summed E-state index contributed by atoms with van der Waals surface area (Å²) >= 11 is 6.27. The monoisotopic (exact) mass is 277 g/mol. The number of hydrogen-bond donors (Lipinski definition) is 2. The first-order chi connectivity index (χ1) is 8.70.